The van der Waals surface area contributed by atoms with Crippen molar-refractivity contribution < 1.29 is 19.2 Å². The molecular weight excluding hydrogens is 808 g/mol. The highest BCUT2D eigenvalue weighted by molar-refractivity contribution is 7.16. The molecule has 5 heterocycles. The third kappa shape index (κ3) is 9.74. The van der Waals surface area contributed by atoms with Gasteiger partial charge in [0.05, 0.1) is 22.3 Å². The molecule has 13 nitrogen and oxygen atoms in total. The maximum absolute atomic E-state index is 13.3. The number of hydrogen-bond donors (Lipinski definition) is 3. The first-order valence-electron chi connectivity index (χ1n) is 20.4. The normalized spacial score (nSPS) is 16.5. The summed E-state index contributed by atoms with van der Waals surface area (Å²) >= 11 is 8.99. The fourth-order valence-corrected chi connectivity index (χ4v) is 10.1. The number of nitrogens with one attached hydrogen (secondary N) is 3. The quantitative estimate of drug-likeness (QED) is 0.0700. The zero-order valence-corrected chi connectivity index (χ0v) is 36.0. The molecule has 1 unspecified atom stereocenters. The fraction of sp³-hybridized carbons (Fsp3) is 0.442. The van der Waals surface area contributed by atoms with E-state index in [1.165, 1.54) is 9.44 Å². The second-order valence-electron chi connectivity index (χ2n) is 15.3. The number of thiazole rings is 1. The van der Waals surface area contributed by atoms with Crippen molar-refractivity contribution in [2.24, 2.45) is 4.99 Å². The van der Waals surface area contributed by atoms with Crippen LogP contribution in [-0.4, -0.2) is 61.8 Å². The maximum Gasteiger partial charge on any atom is 0.308 e. The lowest BCUT2D eigenvalue weighted by Crippen LogP contribution is -2.36. The van der Waals surface area contributed by atoms with Gasteiger partial charge in [0.25, 0.3) is 0 Å². The number of aryl methyl sites for hydroxylation is 3. The number of amides is 4. The predicted octanol–water partition coefficient (Wildman–Crippen LogP) is 7.14. The molecule has 0 aliphatic carbocycles. The highest BCUT2D eigenvalue weighted by atomic mass is 35.5. The summed E-state index contributed by atoms with van der Waals surface area (Å²) in [6.07, 6.45) is 8.15. The van der Waals surface area contributed by atoms with Crippen molar-refractivity contribution >= 4 is 73.8 Å². The van der Waals surface area contributed by atoms with Gasteiger partial charge in [0.15, 0.2) is 5.82 Å². The molecule has 0 bridgehead atoms. The van der Waals surface area contributed by atoms with Crippen LogP contribution in [-0.2, 0) is 25.6 Å². The van der Waals surface area contributed by atoms with E-state index >= 15 is 0 Å². The summed E-state index contributed by atoms with van der Waals surface area (Å²) < 4.78 is 4.31. The van der Waals surface area contributed by atoms with Crippen molar-refractivity contribution in [3.8, 4) is 5.00 Å². The fourth-order valence-electron chi connectivity index (χ4n) is 7.79. The van der Waals surface area contributed by atoms with Crippen LogP contribution in [0.15, 0.2) is 52.3 Å². The molecule has 3 aromatic heterocycles. The zero-order valence-electron chi connectivity index (χ0n) is 33.6. The van der Waals surface area contributed by atoms with Crippen molar-refractivity contribution in [1.82, 2.24) is 35.3 Å². The van der Waals surface area contributed by atoms with Gasteiger partial charge >= 0.3 is 4.87 Å². The minimum atomic E-state index is -0.706. The number of rotatable bonds is 16. The Hall–Kier alpha value is -4.99. The van der Waals surface area contributed by atoms with Crippen LogP contribution in [0.25, 0.3) is 15.2 Å². The number of fused-ring (bicyclic) bond motifs is 4. The standard InChI is InChI=1S/C43H49ClN8O5S2/c1-25-26(2)58-42-38(25)39(29-15-17-30(44)18-16-29)47-31(40-50-49-27(3)51(40)42)24-37(55)46-22-9-7-5-4-6-8-21-45-35(53)20-14-28-13-19-32-34(23-28)59-43(57)52(32)33-11-10-12-36(54)48-41(33)56/h13,15-19,23,31,33H,4-12,14,20-22,24H2,1-3H3,(H,45,53)(H,46,55)(H,48,54,56)/t31-,33?/m0/s1. The third-order valence-electron chi connectivity index (χ3n) is 11.1. The second-order valence-corrected chi connectivity index (χ2v) is 17.9. The Morgan fingerprint density at radius 1 is 0.898 bits per heavy atom. The van der Waals surface area contributed by atoms with Gasteiger partial charge in [-0.2, -0.15) is 0 Å². The van der Waals surface area contributed by atoms with Gasteiger partial charge in [-0.05, 0) is 88.3 Å². The molecule has 3 N–H and O–H groups in total. The van der Waals surface area contributed by atoms with Gasteiger partial charge in [0.1, 0.15) is 22.9 Å². The third-order valence-corrected chi connectivity index (χ3v) is 13.4. The lowest BCUT2D eigenvalue weighted by Gasteiger charge is -2.15. The van der Waals surface area contributed by atoms with Crippen LogP contribution in [0.4, 0.5) is 0 Å². The van der Waals surface area contributed by atoms with Crippen molar-refractivity contribution in [2.45, 2.75) is 110 Å². The van der Waals surface area contributed by atoms with Gasteiger partial charge in [-0.1, -0.05) is 66.8 Å². The Morgan fingerprint density at radius 3 is 2.36 bits per heavy atom. The molecule has 7 rings (SSSR count). The molecule has 1 saturated heterocycles. The van der Waals surface area contributed by atoms with E-state index in [0.29, 0.717) is 55.1 Å². The van der Waals surface area contributed by atoms with Gasteiger partial charge in [-0.3, -0.25) is 43.4 Å². The van der Waals surface area contributed by atoms with Crippen LogP contribution in [0.1, 0.15) is 121 Å². The zero-order chi connectivity index (χ0) is 41.6. The lowest BCUT2D eigenvalue weighted by molar-refractivity contribution is -0.131. The number of carbonyl (C=O) groups is 4. The minimum absolute atomic E-state index is 0.0150. The van der Waals surface area contributed by atoms with Gasteiger partial charge in [0, 0.05) is 47.0 Å². The van der Waals surface area contributed by atoms with Crippen LogP contribution in [0.3, 0.4) is 0 Å². The monoisotopic (exact) mass is 856 g/mol. The number of thiophene rings is 1. The number of aliphatic imine (C=N–C) groups is 1. The van der Waals surface area contributed by atoms with E-state index in [1.807, 2.05) is 49.4 Å². The molecule has 5 aromatic rings. The molecule has 0 saturated carbocycles. The first-order valence-corrected chi connectivity index (χ1v) is 22.4. The number of unbranched alkanes of at least 4 members (excludes halogenated alkanes) is 5. The summed E-state index contributed by atoms with van der Waals surface area (Å²) in [6.45, 7) is 7.35. The summed E-state index contributed by atoms with van der Waals surface area (Å²) in [6, 6.07) is 12.1. The van der Waals surface area contributed by atoms with Gasteiger partial charge in [0.2, 0.25) is 23.6 Å². The molecule has 1 fully saturated rings. The number of halogens is 1. The van der Waals surface area contributed by atoms with E-state index in [2.05, 4.69) is 44.6 Å². The van der Waals surface area contributed by atoms with Crippen LogP contribution < -0.4 is 20.8 Å². The number of imide groups is 1. The van der Waals surface area contributed by atoms with Crippen LogP contribution in [0, 0.1) is 20.8 Å². The average molecular weight is 858 g/mol. The summed E-state index contributed by atoms with van der Waals surface area (Å²) in [5, 5.41) is 19.0. The minimum Gasteiger partial charge on any atom is -0.356 e. The molecule has 16 heteroatoms. The Kier molecular flexibility index (Phi) is 13.5. The SMILES string of the molecule is Cc1sc2c(c1C)C(c1ccc(Cl)cc1)=N[C@@H](CC(=O)NCCCCCCCCNC(=O)CCc1ccc3c(c1)sc(=O)n3C1CCCC(=O)NC1=O)c1nnc(C)n1-2. The maximum atomic E-state index is 13.3. The van der Waals surface area contributed by atoms with Gasteiger partial charge < -0.3 is 10.6 Å². The van der Waals surface area contributed by atoms with E-state index in [0.717, 1.165) is 93.4 Å². The summed E-state index contributed by atoms with van der Waals surface area (Å²) in [4.78, 5) is 69.2. The first-order chi connectivity index (χ1) is 28.5. The van der Waals surface area contributed by atoms with Crippen molar-refractivity contribution in [1.29, 1.82) is 0 Å². The molecular formula is C43H49ClN8O5S2. The number of hydrogen-bond acceptors (Lipinski definition) is 10. The van der Waals surface area contributed by atoms with E-state index in [1.54, 1.807) is 11.3 Å². The molecule has 59 heavy (non-hydrogen) atoms. The molecule has 2 atom stereocenters. The topological polar surface area (TPSA) is 169 Å². The van der Waals surface area contributed by atoms with E-state index in [-0.39, 0.29) is 35.4 Å². The molecule has 4 amide bonds. The molecule has 2 aliphatic heterocycles. The summed E-state index contributed by atoms with van der Waals surface area (Å²) in [5.41, 5.74) is 5.56. The van der Waals surface area contributed by atoms with Gasteiger partial charge in [-0.25, -0.2) is 0 Å². The van der Waals surface area contributed by atoms with Gasteiger partial charge in [-0.15, -0.1) is 21.5 Å². The summed E-state index contributed by atoms with van der Waals surface area (Å²) in [5.74, 6) is 0.577. The van der Waals surface area contributed by atoms with E-state index in [4.69, 9.17) is 16.6 Å². The average Bonchev–Trinajstić information content (AvgIpc) is 3.77. The Morgan fingerprint density at radius 2 is 1.61 bits per heavy atom. The lowest BCUT2D eigenvalue weighted by atomic mass is 9.99. The molecule has 0 spiro atoms. The van der Waals surface area contributed by atoms with Crippen molar-refractivity contribution in [2.75, 3.05) is 13.1 Å². The van der Waals surface area contributed by atoms with Crippen LogP contribution in [0.5, 0.6) is 0 Å². The van der Waals surface area contributed by atoms with Crippen molar-refractivity contribution in [3.63, 3.8) is 0 Å². The molecule has 2 aliphatic rings. The van der Waals surface area contributed by atoms with Crippen molar-refractivity contribution in [3.05, 3.63) is 95.9 Å². The highest BCUT2D eigenvalue weighted by Crippen LogP contribution is 2.39. The van der Waals surface area contributed by atoms with Crippen LogP contribution in [0.2, 0.25) is 5.02 Å². The van der Waals surface area contributed by atoms with E-state index < -0.39 is 18.0 Å². The van der Waals surface area contributed by atoms with E-state index in [9.17, 15) is 24.0 Å². The molecule has 0 radical (unpaired) electrons. The number of carbonyl (C=O) groups excluding carboxylic acids is 4. The molecule has 2 aromatic carbocycles. The largest absolute Gasteiger partial charge is 0.356 e. The van der Waals surface area contributed by atoms with Crippen LogP contribution >= 0.6 is 34.3 Å². The predicted molar refractivity (Wildman–Crippen MR) is 232 cm³/mol. The Balaban J connectivity index is 0.805. The number of benzene rings is 2. The Bertz CT molecular complexity index is 2460. The number of aromatic nitrogens is 4. The Labute approximate surface area is 355 Å². The second kappa shape index (κ2) is 18.9. The summed E-state index contributed by atoms with van der Waals surface area (Å²) in [7, 11) is 0. The smallest absolute Gasteiger partial charge is 0.308 e. The number of nitrogens with zero attached hydrogens (tertiary/aromatic N) is 5. The highest BCUT2D eigenvalue weighted by Gasteiger charge is 2.33. The molecule has 310 valence electrons. The first kappa shape index (κ1) is 42.1.